The Bertz CT molecular complexity index is 714. The maximum absolute atomic E-state index is 12.3. The highest BCUT2D eigenvalue weighted by molar-refractivity contribution is 5.92. The third-order valence-electron chi connectivity index (χ3n) is 4.58. The molecule has 136 valence electrons. The van der Waals surface area contributed by atoms with Crippen LogP contribution >= 0.6 is 0 Å². The Morgan fingerprint density at radius 3 is 2.38 bits per heavy atom. The lowest BCUT2D eigenvalue weighted by molar-refractivity contribution is -0.120. The van der Waals surface area contributed by atoms with Gasteiger partial charge in [0.2, 0.25) is 5.91 Å². The average molecular weight is 353 g/mol. The van der Waals surface area contributed by atoms with E-state index < -0.39 is 6.09 Å². The number of hydrogen-bond donors (Lipinski definition) is 2. The third-order valence-corrected chi connectivity index (χ3v) is 4.58. The Balaban J connectivity index is 1.38. The number of pyridine rings is 1. The predicted octanol–water partition coefficient (Wildman–Crippen LogP) is 3.51. The van der Waals surface area contributed by atoms with Crippen molar-refractivity contribution in [1.82, 2.24) is 10.3 Å². The number of hydrogen-bond acceptors (Lipinski definition) is 4. The van der Waals surface area contributed by atoms with Gasteiger partial charge in [-0.1, -0.05) is 30.3 Å². The van der Waals surface area contributed by atoms with E-state index in [-0.39, 0.29) is 24.5 Å². The van der Waals surface area contributed by atoms with Gasteiger partial charge in [0.25, 0.3) is 0 Å². The fraction of sp³-hybridized carbons (Fsp3) is 0.350. The summed E-state index contributed by atoms with van der Waals surface area (Å²) >= 11 is 0. The lowest BCUT2D eigenvalue weighted by Crippen LogP contribution is -2.39. The van der Waals surface area contributed by atoms with E-state index in [9.17, 15) is 9.59 Å². The molecule has 2 aromatic rings. The number of rotatable bonds is 5. The van der Waals surface area contributed by atoms with Crippen LogP contribution in [0.25, 0.3) is 0 Å². The number of benzene rings is 1. The molecule has 0 atom stereocenters. The van der Waals surface area contributed by atoms with Gasteiger partial charge in [-0.25, -0.2) is 4.79 Å². The zero-order chi connectivity index (χ0) is 18.2. The first kappa shape index (κ1) is 17.9. The number of alkyl carbamates (subject to hydrolysis) is 1. The van der Waals surface area contributed by atoms with Crippen LogP contribution in [0.2, 0.25) is 0 Å². The Kier molecular flexibility index (Phi) is 6.19. The van der Waals surface area contributed by atoms with Gasteiger partial charge in [-0.2, -0.15) is 0 Å². The summed E-state index contributed by atoms with van der Waals surface area (Å²) < 4.78 is 5.25. The molecule has 1 aliphatic rings. The lowest BCUT2D eigenvalue weighted by atomic mass is 9.85. The van der Waals surface area contributed by atoms with Gasteiger partial charge >= 0.3 is 6.09 Å². The molecule has 0 bridgehead atoms. The number of aromatic nitrogens is 1. The van der Waals surface area contributed by atoms with E-state index >= 15 is 0 Å². The number of nitrogens with zero attached hydrogens (tertiary/aromatic N) is 1. The number of amides is 2. The Hall–Kier alpha value is -2.89. The quantitative estimate of drug-likeness (QED) is 0.862. The predicted molar refractivity (Wildman–Crippen MR) is 98.4 cm³/mol. The van der Waals surface area contributed by atoms with Crippen LogP contribution in [0.4, 0.5) is 10.5 Å². The first-order chi connectivity index (χ1) is 12.7. The molecule has 0 radical (unpaired) electrons. The zero-order valence-electron chi connectivity index (χ0n) is 14.6. The second-order valence-corrected chi connectivity index (χ2v) is 6.48. The van der Waals surface area contributed by atoms with Crippen molar-refractivity contribution in [3.05, 3.63) is 60.4 Å². The van der Waals surface area contributed by atoms with Gasteiger partial charge in [0.05, 0.1) is 0 Å². The van der Waals surface area contributed by atoms with Gasteiger partial charge < -0.3 is 15.4 Å². The van der Waals surface area contributed by atoms with Crippen molar-refractivity contribution in [2.45, 2.75) is 38.3 Å². The minimum Gasteiger partial charge on any atom is -0.445 e. The molecule has 0 saturated heterocycles. The van der Waals surface area contributed by atoms with E-state index in [0.717, 1.165) is 36.9 Å². The smallest absolute Gasteiger partial charge is 0.407 e. The molecule has 1 aromatic carbocycles. The average Bonchev–Trinajstić information content (AvgIpc) is 2.68. The summed E-state index contributed by atoms with van der Waals surface area (Å²) in [7, 11) is 0. The first-order valence-corrected chi connectivity index (χ1v) is 8.89. The van der Waals surface area contributed by atoms with Gasteiger partial charge in [0, 0.05) is 30.0 Å². The van der Waals surface area contributed by atoms with Crippen LogP contribution in [0.3, 0.4) is 0 Å². The summed E-state index contributed by atoms with van der Waals surface area (Å²) in [6.45, 7) is 0.260. The molecular formula is C20H23N3O3. The van der Waals surface area contributed by atoms with Crippen molar-refractivity contribution >= 4 is 17.7 Å². The highest BCUT2D eigenvalue weighted by Crippen LogP contribution is 2.25. The van der Waals surface area contributed by atoms with E-state index in [1.54, 1.807) is 24.5 Å². The normalized spacial score (nSPS) is 19.4. The molecule has 0 spiro atoms. The second kappa shape index (κ2) is 8.99. The number of ether oxygens (including phenoxy) is 1. The third kappa shape index (κ3) is 5.31. The summed E-state index contributed by atoms with van der Waals surface area (Å²) in [6.07, 6.45) is 5.94. The monoisotopic (exact) mass is 353 g/mol. The molecule has 1 aromatic heterocycles. The van der Waals surface area contributed by atoms with E-state index in [1.807, 2.05) is 30.3 Å². The molecule has 1 heterocycles. The number of nitrogens with one attached hydrogen (secondary N) is 2. The van der Waals surface area contributed by atoms with Gasteiger partial charge in [-0.3, -0.25) is 9.78 Å². The van der Waals surface area contributed by atoms with Gasteiger partial charge in [-0.05, 0) is 43.4 Å². The molecule has 26 heavy (non-hydrogen) atoms. The highest BCUT2D eigenvalue weighted by atomic mass is 16.5. The maximum atomic E-state index is 12.3. The molecule has 2 amide bonds. The first-order valence-electron chi connectivity index (χ1n) is 8.89. The van der Waals surface area contributed by atoms with Crippen LogP contribution in [0, 0.1) is 5.92 Å². The number of anilines is 1. The van der Waals surface area contributed by atoms with E-state index in [2.05, 4.69) is 15.6 Å². The van der Waals surface area contributed by atoms with Gasteiger partial charge in [0.1, 0.15) is 6.61 Å². The summed E-state index contributed by atoms with van der Waals surface area (Å²) in [5.41, 5.74) is 1.72. The van der Waals surface area contributed by atoms with Crippen molar-refractivity contribution in [3.63, 3.8) is 0 Å². The summed E-state index contributed by atoms with van der Waals surface area (Å²) in [4.78, 5) is 28.2. The maximum Gasteiger partial charge on any atom is 0.407 e. The molecule has 1 saturated carbocycles. The summed E-state index contributed by atoms with van der Waals surface area (Å²) in [5, 5.41) is 5.81. The van der Waals surface area contributed by atoms with Crippen LogP contribution in [0.15, 0.2) is 54.9 Å². The Morgan fingerprint density at radius 1 is 1.00 bits per heavy atom. The largest absolute Gasteiger partial charge is 0.445 e. The lowest BCUT2D eigenvalue weighted by Gasteiger charge is -2.28. The molecule has 0 unspecified atom stereocenters. The highest BCUT2D eigenvalue weighted by Gasteiger charge is 2.27. The molecule has 6 heteroatoms. The van der Waals surface area contributed by atoms with Crippen LogP contribution in [-0.2, 0) is 16.1 Å². The fourth-order valence-electron chi connectivity index (χ4n) is 3.11. The van der Waals surface area contributed by atoms with Gasteiger partial charge in [0.15, 0.2) is 0 Å². The minimum atomic E-state index is -0.404. The van der Waals surface area contributed by atoms with E-state index in [4.69, 9.17) is 4.74 Å². The molecule has 1 aliphatic carbocycles. The molecule has 6 nitrogen and oxygen atoms in total. The van der Waals surface area contributed by atoms with Crippen LogP contribution in [-0.4, -0.2) is 23.0 Å². The molecular weight excluding hydrogens is 330 g/mol. The van der Waals surface area contributed by atoms with Crippen LogP contribution < -0.4 is 10.6 Å². The van der Waals surface area contributed by atoms with Crippen molar-refractivity contribution in [1.29, 1.82) is 0 Å². The molecule has 1 fully saturated rings. The summed E-state index contributed by atoms with van der Waals surface area (Å²) in [6, 6.07) is 13.2. The SMILES string of the molecule is O=C(NC1CCC(C(=O)Nc2ccncc2)CC1)OCc1ccccc1. The van der Waals surface area contributed by atoms with Gasteiger partial charge in [-0.15, -0.1) is 0 Å². The zero-order valence-corrected chi connectivity index (χ0v) is 14.6. The number of carbonyl (C=O) groups excluding carboxylic acids is 2. The number of carbonyl (C=O) groups is 2. The van der Waals surface area contributed by atoms with E-state index in [0.29, 0.717) is 0 Å². The standard InChI is InChI=1S/C20H23N3O3/c24-19(22-18-10-12-21-13-11-18)16-6-8-17(9-7-16)23-20(25)26-14-15-4-2-1-3-5-15/h1-5,10-13,16-17H,6-9,14H2,(H,23,25)(H,21,22,24). The Labute approximate surface area is 153 Å². The molecule has 3 rings (SSSR count). The van der Waals surface area contributed by atoms with Crippen molar-refractivity contribution in [3.8, 4) is 0 Å². The van der Waals surface area contributed by atoms with Crippen LogP contribution in [0.5, 0.6) is 0 Å². The van der Waals surface area contributed by atoms with E-state index in [1.165, 1.54) is 0 Å². The molecule has 0 aliphatic heterocycles. The van der Waals surface area contributed by atoms with Crippen molar-refractivity contribution in [2.75, 3.05) is 5.32 Å². The topological polar surface area (TPSA) is 80.3 Å². The van der Waals surface area contributed by atoms with Crippen LogP contribution in [0.1, 0.15) is 31.2 Å². The van der Waals surface area contributed by atoms with Crippen molar-refractivity contribution < 1.29 is 14.3 Å². The summed E-state index contributed by atoms with van der Waals surface area (Å²) in [5.74, 6) is 0.00265. The Morgan fingerprint density at radius 2 is 1.69 bits per heavy atom. The van der Waals surface area contributed by atoms with Crippen molar-refractivity contribution in [2.24, 2.45) is 5.92 Å². The second-order valence-electron chi connectivity index (χ2n) is 6.48. The minimum absolute atomic E-state index is 0.0263. The molecule has 2 N–H and O–H groups in total. The fourth-order valence-corrected chi connectivity index (χ4v) is 3.11.